The quantitative estimate of drug-likeness (QED) is 0.188. The molecular weight excluding hydrogens is 603 g/mol. The Balaban J connectivity index is 1.76. The SMILES string of the molecule is C=CC(=O)Nc1cc(Nc2ncc(Br)c(-c3cc(F)c4nc(C)n(C(C)C)c4c3)n2)c(OC)cc1N(C)CCN(C)C. The molecule has 0 aliphatic heterocycles. The van der Waals surface area contributed by atoms with Crippen LogP contribution in [0.1, 0.15) is 25.7 Å². The Bertz CT molecular complexity index is 1640. The van der Waals surface area contributed by atoms with E-state index in [4.69, 9.17) is 9.72 Å². The highest BCUT2D eigenvalue weighted by atomic mass is 79.9. The normalized spacial score (nSPS) is 11.3. The number of amides is 1. The number of aryl methyl sites for hydroxylation is 1. The van der Waals surface area contributed by atoms with E-state index < -0.39 is 5.82 Å². The fourth-order valence-corrected chi connectivity index (χ4v) is 5.13. The number of hydrogen-bond donors (Lipinski definition) is 2. The van der Waals surface area contributed by atoms with Crippen molar-refractivity contribution in [3.8, 4) is 17.0 Å². The number of hydrogen-bond acceptors (Lipinski definition) is 8. The molecule has 1 amide bonds. The van der Waals surface area contributed by atoms with Crippen molar-refractivity contribution < 1.29 is 13.9 Å². The Kier molecular flexibility index (Phi) is 9.47. The standard InChI is InChI=1S/C30H36BrFN8O2/c1-9-27(41)35-22-14-23(26(42-8)15-24(22)39(7)11-10-38(5)6)36-30-33-16-20(31)28(37-30)19-12-21(32)29-25(13-19)40(17(2)3)18(4)34-29/h9,12-17H,1,10-11H2,2-8H3,(H,35,41)(H,33,36,37). The van der Waals surface area contributed by atoms with Crippen molar-refractivity contribution >= 4 is 55.9 Å². The van der Waals surface area contributed by atoms with Crippen LogP contribution in [0.4, 0.5) is 27.4 Å². The number of rotatable bonds is 11. The number of anilines is 4. The molecule has 0 saturated carbocycles. The second-order valence-corrected chi connectivity index (χ2v) is 11.3. The van der Waals surface area contributed by atoms with Gasteiger partial charge in [0.2, 0.25) is 11.9 Å². The lowest BCUT2D eigenvalue weighted by atomic mass is 10.1. The third-order valence-corrected chi connectivity index (χ3v) is 7.34. The molecule has 10 nitrogen and oxygen atoms in total. The van der Waals surface area contributed by atoms with Crippen LogP contribution in [0.15, 0.2) is 47.6 Å². The Morgan fingerprint density at radius 2 is 1.90 bits per heavy atom. The predicted molar refractivity (Wildman–Crippen MR) is 170 cm³/mol. The molecule has 42 heavy (non-hydrogen) atoms. The van der Waals surface area contributed by atoms with Gasteiger partial charge in [-0.2, -0.15) is 0 Å². The fraction of sp³-hybridized carbons (Fsp3) is 0.333. The second kappa shape index (κ2) is 12.9. The van der Waals surface area contributed by atoms with Crippen LogP contribution in [0.25, 0.3) is 22.3 Å². The van der Waals surface area contributed by atoms with Gasteiger partial charge in [0.05, 0.1) is 39.9 Å². The van der Waals surface area contributed by atoms with Gasteiger partial charge in [0, 0.05) is 44.0 Å². The third-order valence-electron chi connectivity index (χ3n) is 6.76. The molecule has 0 unspecified atom stereocenters. The molecule has 4 rings (SSSR count). The lowest BCUT2D eigenvalue weighted by Gasteiger charge is -2.26. The van der Waals surface area contributed by atoms with Gasteiger partial charge in [-0.1, -0.05) is 6.58 Å². The molecular formula is C30H36BrFN8O2. The summed E-state index contributed by atoms with van der Waals surface area (Å²) in [6, 6.07) is 7.02. The molecule has 0 saturated heterocycles. The molecule has 0 bridgehead atoms. The number of carbonyl (C=O) groups is 1. The zero-order chi connectivity index (χ0) is 30.7. The minimum absolute atomic E-state index is 0.101. The topological polar surface area (TPSA) is 100 Å². The van der Waals surface area contributed by atoms with Crippen LogP contribution in [-0.2, 0) is 4.79 Å². The van der Waals surface area contributed by atoms with Crippen LogP contribution in [0.5, 0.6) is 5.75 Å². The Morgan fingerprint density at radius 3 is 2.55 bits per heavy atom. The number of methoxy groups -OCH3 is 1. The van der Waals surface area contributed by atoms with E-state index in [1.165, 1.54) is 12.1 Å². The molecule has 2 aromatic heterocycles. The van der Waals surface area contributed by atoms with Crippen molar-refractivity contribution in [2.45, 2.75) is 26.8 Å². The van der Waals surface area contributed by atoms with Gasteiger partial charge < -0.3 is 29.7 Å². The van der Waals surface area contributed by atoms with E-state index in [2.05, 4.69) is 48.0 Å². The number of aromatic nitrogens is 4. The smallest absolute Gasteiger partial charge is 0.247 e. The summed E-state index contributed by atoms with van der Waals surface area (Å²) in [5.74, 6) is 0.750. The zero-order valence-electron chi connectivity index (χ0n) is 24.9. The van der Waals surface area contributed by atoms with Crippen molar-refractivity contribution in [1.82, 2.24) is 24.4 Å². The van der Waals surface area contributed by atoms with E-state index in [0.29, 0.717) is 43.9 Å². The molecule has 0 atom stereocenters. The van der Waals surface area contributed by atoms with Gasteiger partial charge in [-0.05, 0) is 75.1 Å². The van der Waals surface area contributed by atoms with Crippen LogP contribution < -0.4 is 20.3 Å². The fourth-order valence-electron chi connectivity index (χ4n) is 4.71. The molecule has 0 fully saturated rings. The van der Waals surface area contributed by atoms with E-state index in [1.807, 2.05) is 63.5 Å². The molecule has 0 aliphatic rings. The van der Waals surface area contributed by atoms with E-state index in [-0.39, 0.29) is 17.9 Å². The molecule has 2 aromatic carbocycles. The first-order valence-corrected chi connectivity index (χ1v) is 14.2. The number of likely N-dealkylation sites (N-methyl/N-ethyl adjacent to an activating group) is 2. The van der Waals surface area contributed by atoms with E-state index in [0.717, 1.165) is 24.6 Å². The first-order chi connectivity index (χ1) is 19.9. The molecule has 0 spiro atoms. The monoisotopic (exact) mass is 638 g/mol. The molecule has 222 valence electrons. The molecule has 2 heterocycles. The van der Waals surface area contributed by atoms with Gasteiger partial charge in [0.15, 0.2) is 5.82 Å². The summed E-state index contributed by atoms with van der Waals surface area (Å²) in [4.78, 5) is 30.0. The van der Waals surface area contributed by atoms with E-state index in [9.17, 15) is 4.79 Å². The average Bonchev–Trinajstić information content (AvgIpc) is 3.29. The predicted octanol–water partition coefficient (Wildman–Crippen LogP) is 6.16. The van der Waals surface area contributed by atoms with Crippen molar-refractivity contribution in [2.75, 3.05) is 56.9 Å². The first-order valence-electron chi connectivity index (χ1n) is 13.4. The van der Waals surface area contributed by atoms with Gasteiger partial charge in [-0.15, -0.1) is 0 Å². The van der Waals surface area contributed by atoms with E-state index >= 15 is 4.39 Å². The van der Waals surface area contributed by atoms with Crippen LogP contribution >= 0.6 is 15.9 Å². The van der Waals surface area contributed by atoms with E-state index in [1.54, 1.807) is 19.4 Å². The van der Waals surface area contributed by atoms with Gasteiger partial charge in [-0.3, -0.25) is 4.79 Å². The lowest BCUT2D eigenvalue weighted by Crippen LogP contribution is -2.29. The minimum atomic E-state index is -0.428. The maximum absolute atomic E-state index is 15.2. The van der Waals surface area contributed by atoms with Crippen LogP contribution in [0.3, 0.4) is 0 Å². The highest BCUT2D eigenvalue weighted by Gasteiger charge is 2.20. The summed E-state index contributed by atoms with van der Waals surface area (Å²) in [7, 11) is 7.51. The summed E-state index contributed by atoms with van der Waals surface area (Å²) in [5.41, 5.74) is 3.95. The van der Waals surface area contributed by atoms with Crippen LogP contribution in [0, 0.1) is 12.7 Å². The number of imidazole rings is 1. The highest BCUT2D eigenvalue weighted by molar-refractivity contribution is 9.10. The average molecular weight is 640 g/mol. The van der Waals surface area contributed by atoms with Crippen molar-refractivity contribution in [1.29, 1.82) is 0 Å². The summed E-state index contributed by atoms with van der Waals surface area (Å²) in [5, 5.41) is 6.10. The zero-order valence-corrected chi connectivity index (χ0v) is 26.5. The van der Waals surface area contributed by atoms with Crippen molar-refractivity contribution in [3.05, 3.63) is 59.2 Å². The molecule has 0 aliphatic carbocycles. The highest BCUT2D eigenvalue weighted by Crippen LogP contribution is 2.39. The molecule has 12 heteroatoms. The number of fused-ring (bicyclic) bond motifs is 1. The van der Waals surface area contributed by atoms with Gasteiger partial charge in [0.25, 0.3) is 0 Å². The largest absolute Gasteiger partial charge is 0.494 e. The number of nitrogens with zero attached hydrogens (tertiary/aromatic N) is 6. The maximum Gasteiger partial charge on any atom is 0.247 e. The summed E-state index contributed by atoms with van der Waals surface area (Å²) in [6.45, 7) is 11.0. The summed E-state index contributed by atoms with van der Waals surface area (Å²) < 4.78 is 23.5. The van der Waals surface area contributed by atoms with Crippen LogP contribution in [0.2, 0.25) is 0 Å². The number of carbonyl (C=O) groups excluding carboxylic acids is 1. The Morgan fingerprint density at radius 1 is 1.17 bits per heavy atom. The molecule has 2 N–H and O–H groups in total. The number of halogens is 2. The molecule has 0 radical (unpaired) electrons. The Hall–Kier alpha value is -4.03. The van der Waals surface area contributed by atoms with Gasteiger partial charge >= 0.3 is 0 Å². The third kappa shape index (κ3) is 6.55. The van der Waals surface area contributed by atoms with Crippen LogP contribution in [-0.4, -0.2) is 71.7 Å². The van der Waals surface area contributed by atoms with Crippen molar-refractivity contribution in [3.63, 3.8) is 0 Å². The lowest BCUT2D eigenvalue weighted by molar-refractivity contribution is -0.111. The molecule has 4 aromatic rings. The number of benzene rings is 2. The summed E-state index contributed by atoms with van der Waals surface area (Å²) >= 11 is 3.53. The number of ether oxygens (including phenoxy) is 1. The number of nitrogens with one attached hydrogen (secondary N) is 2. The minimum Gasteiger partial charge on any atom is -0.494 e. The van der Waals surface area contributed by atoms with Gasteiger partial charge in [-0.25, -0.2) is 19.3 Å². The summed E-state index contributed by atoms with van der Waals surface area (Å²) in [6.07, 6.45) is 2.82. The van der Waals surface area contributed by atoms with Gasteiger partial charge in [0.1, 0.15) is 17.1 Å². The Labute approximate surface area is 253 Å². The second-order valence-electron chi connectivity index (χ2n) is 10.5. The maximum atomic E-state index is 15.2. The first kappa shape index (κ1) is 30.9. The van der Waals surface area contributed by atoms with Crippen molar-refractivity contribution in [2.24, 2.45) is 0 Å².